The maximum absolute atomic E-state index is 11.4. The molecule has 4 heteroatoms. The van der Waals surface area contributed by atoms with Crippen molar-refractivity contribution in [1.29, 1.82) is 0 Å². The topological polar surface area (TPSA) is 50.4 Å². The smallest absolute Gasteiger partial charge is 0.233 e. The van der Waals surface area contributed by atoms with E-state index in [1.165, 1.54) is 12.8 Å². The lowest BCUT2D eigenvalue weighted by molar-refractivity contribution is -0.120. The van der Waals surface area contributed by atoms with Crippen LogP contribution >= 0.6 is 0 Å². The minimum Gasteiger partial charge on any atom is -0.381 e. The van der Waals surface area contributed by atoms with Gasteiger partial charge in [-0.1, -0.05) is 0 Å². The number of ether oxygens (including phenoxy) is 1. The van der Waals surface area contributed by atoms with Crippen LogP contribution in [0.5, 0.6) is 0 Å². The summed E-state index contributed by atoms with van der Waals surface area (Å²) in [6.07, 6.45) is 4.86. The van der Waals surface area contributed by atoms with E-state index in [0.29, 0.717) is 12.5 Å². The summed E-state index contributed by atoms with van der Waals surface area (Å²) in [5.74, 6) is 1.61. The fourth-order valence-electron chi connectivity index (χ4n) is 2.00. The number of amides is 1. The van der Waals surface area contributed by atoms with Gasteiger partial charge in [0, 0.05) is 19.8 Å². The highest BCUT2D eigenvalue weighted by Gasteiger charge is 2.20. The molecule has 2 aliphatic rings. The fraction of sp³-hybridized carbons (Fsp3) is 0.917. The Labute approximate surface area is 97.1 Å². The van der Waals surface area contributed by atoms with Gasteiger partial charge < -0.3 is 15.4 Å². The molecular weight excluding hydrogens is 204 g/mol. The molecule has 0 radical (unpaired) electrons. The number of rotatable bonds is 7. The predicted molar refractivity (Wildman–Crippen MR) is 62.1 cm³/mol. The van der Waals surface area contributed by atoms with E-state index in [-0.39, 0.29) is 5.91 Å². The van der Waals surface area contributed by atoms with E-state index < -0.39 is 0 Å². The zero-order valence-electron chi connectivity index (χ0n) is 9.84. The second-order valence-corrected chi connectivity index (χ2v) is 4.94. The summed E-state index contributed by atoms with van der Waals surface area (Å²) in [6, 6.07) is 0. The highest BCUT2D eigenvalue weighted by molar-refractivity contribution is 5.77. The maximum atomic E-state index is 11.4. The first-order valence-electron chi connectivity index (χ1n) is 6.40. The van der Waals surface area contributed by atoms with Crippen LogP contribution in [0.15, 0.2) is 0 Å². The van der Waals surface area contributed by atoms with Crippen molar-refractivity contribution in [2.45, 2.75) is 25.7 Å². The van der Waals surface area contributed by atoms with E-state index in [0.717, 1.165) is 45.1 Å². The number of hydrogen-bond donors (Lipinski definition) is 2. The SMILES string of the molecule is O=C(CNCC1CC1)NCCC1CCOC1. The standard InChI is InChI=1S/C12H22N2O2/c15-12(8-13-7-10-1-2-10)14-5-3-11-4-6-16-9-11/h10-11,13H,1-9H2,(H,14,15). The molecule has 0 aromatic heterocycles. The van der Waals surface area contributed by atoms with Crippen molar-refractivity contribution >= 4 is 5.91 Å². The van der Waals surface area contributed by atoms with E-state index in [2.05, 4.69) is 10.6 Å². The molecule has 1 saturated heterocycles. The molecule has 0 aromatic rings. The van der Waals surface area contributed by atoms with Gasteiger partial charge in [-0.15, -0.1) is 0 Å². The van der Waals surface area contributed by atoms with Crippen LogP contribution in [0.25, 0.3) is 0 Å². The predicted octanol–water partition coefficient (Wildman–Crippen LogP) is 0.529. The Balaban J connectivity index is 1.43. The Kier molecular flexibility index (Phi) is 4.60. The number of carbonyl (C=O) groups excluding carboxylic acids is 1. The minimum absolute atomic E-state index is 0.125. The van der Waals surface area contributed by atoms with Gasteiger partial charge in [0.25, 0.3) is 0 Å². The lowest BCUT2D eigenvalue weighted by atomic mass is 10.1. The summed E-state index contributed by atoms with van der Waals surface area (Å²) >= 11 is 0. The van der Waals surface area contributed by atoms with E-state index in [1.807, 2.05) is 0 Å². The molecule has 1 aliphatic carbocycles. The summed E-state index contributed by atoms with van der Waals surface area (Å²) in [6.45, 7) is 4.02. The Morgan fingerprint density at radius 2 is 2.12 bits per heavy atom. The van der Waals surface area contributed by atoms with Crippen molar-refractivity contribution in [3.05, 3.63) is 0 Å². The van der Waals surface area contributed by atoms with Crippen molar-refractivity contribution in [1.82, 2.24) is 10.6 Å². The van der Waals surface area contributed by atoms with Crippen molar-refractivity contribution < 1.29 is 9.53 Å². The van der Waals surface area contributed by atoms with Crippen LogP contribution in [0.4, 0.5) is 0 Å². The molecule has 0 bridgehead atoms. The van der Waals surface area contributed by atoms with Crippen molar-refractivity contribution in [2.24, 2.45) is 11.8 Å². The summed E-state index contributed by atoms with van der Waals surface area (Å²) < 4.78 is 5.29. The van der Waals surface area contributed by atoms with Crippen LogP contribution < -0.4 is 10.6 Å². The molecule has 92 valence electrons. The molecular formula is C12H22N2O2. The third kappa shape index (κ3) is 4.49. The van der Waals surface area contributed by atoms with Gasteiger partial charge in [0.15, 0.2) is 0 Å². The summed E-state index contributed by atoms with van der Waals surface area (Å²) in [7, 11) is 0. The molecule has 2 fully saturated rings. The third-order valence-electron chi connectivity index (χ3n) is 3.31. The minimum atomic E-state index is 0.125. The molecule has 1 saturated carbocycles. The molecule has 0 aromatic carbocycles. The van der Waals surface area contributed by atoms with Crippen LogP contribution in [0, 0.1) is 11.8 Å². The highest BCUT2D eigenvalue weighted by atomic mass is 16.5. The van der Waals surface area contributed by atoms with E-state index in [1.54, 1.807) is 0 Å². The van der Waals surface area contributed by atoms with E-state index in [4.69, 9.17) is 4.74 Å². The van der Waals surface area contributed by atoms with Crippen molar-refractivity contribution in [3.8, 4) is 0 Å². The second kappa shape index (κ2) is 6.21. The number of hydrogen-bond acceptors (Lipinski definition) is 3. The van der Waals surface area contributed by atoms with Gasteiger partial charge in [0.1, 0.15) is 0 Å². The van der Waals surface area contributed by atoms with Gasteiger partial charge in [-0.25, -0.2) is 0 Å². The van der Waals surface area contributed by atoms with Crippen LogP contribution in [-0.2, 0) is 9.53 Å². The Morgan fingerprint density at radius 3 is 2.81 bits per heavy atom. The monoisotopic (exact) mass is 226 g/mol. The molecule has 1 atom stereocenters. The van der Waals surface area contributed by atoms with Crippen LogP contribution in [0.1, 0.15) is 25.7 Å². The zero-order chi connectivity index (χ0) is 11.2. The van der Waals surface area contributed by atoms with E-state index >= 15 is 0 Å². The lowest BCUT2D eigenvalue weighted by Crippen LogP contribution is -2.35. The van der Waals surface area contributed by atoms with Gasteiger partial charge in [0.05, 0.1) is 6.54 Å². The highest BCUT2D eigenvalue weighted by Crippen LogP contribution is 2.27. The molecule has 0 spiro atoms. The lowest BCUT2D eigenvalue weighted by Gasteiger charge is -2.09. The van der Waals surface area contributed by atoms with Crippen molar-refractivity contribution in [2.75, 3.05) is 32.8 Å². The Morgan fingerprint density at radius 1 is 1.25 bits per heavy atom. The summed E-state index contributed by atoms with van der Waals surface area (Å²) in [5, 5.41) is 6.14. The quantitative estimate of drug-likeness (QED) is 0.666. The summed E-state index contributed by atoms with van der Waals surface area (Å²) in [5.41, 5.74) is 0. The zero-order valence-corrected chi connectivity index (χ0v) is 9.84. The average Bonchev–Trinajstić information content (AvgIpc) is 2.94. The molecule has 2 rings (SSSR count). The Hall–Kier alpha value is -0.610. The first-order chi connectivity index (χ1) is 7.84. The van der Waals surface area contributed by atoms with Gasteiger partial charge in [-0.2, -0.15) is 0 Å². The molecule has 2 N–H and O–H groups in total. The molecule has 1 amide bonds. The normalized spacial score (nSPS) is 24.6. The van der Waals surface area contributed by atoms with E-state index in [9.17, 15) is 4.79 Å². The van der Waals surface area contributed by atoms with Crippen LogP contribution in [0.3, 0.4) is 0 Å². The fourth-order valence-corrected chi connectivity index (χ4v) is 2.00. The Bertz CT molecular complexity index is 223. The first kappa shape index (κ1) is 11.9. The third-order valence-corrected chi connectivity index (χ3v) is 3.31. The van der Waals surface area contributed by atoms with Gasteiger partial charge in [-0.05, 0) is 44.1 Å². The van der Waals surface area contributed by atoms with Crippen LogP contribution in [0.2, 0.25) is 0 Å². The first-order valence-corrected chi connectivity index (χ1v) is 6.40. The molecule has 1 unspecified atom stereocenters. The van der Waals surface area contributed by atoms with Gasteiger partial charge in [-0.3, -0.25) is 4.79 Å². The number of carbonyl (C=O) groups is 1. The second-order valence-electron chi connectivity index (χ2n) is 4.94. The molecule has 4 nitrogen and oxygen atoms in total. The largest absolute Gasteiger partial charge is 0.381 e. The molecule has 16 heavy (non-hydrogen) atoms. The van der Waals surface area contributed by atoms with Gasteiger partial charge in [0.2, 0.25) is 5.91 Å². The molecule has 1 aliphatic heterocycles. The van der Waals surface area contributed by atoms with Gasteiger partial charge >= 0.3 is 0 Å². The van der Waals surface area contributed by atoms with Crippen molar-refractivity contribution in [3.63, 3.8) is 0 Å². The average molecular weight is 226 g/mol. The molecule has 1 heterocycles. The number of nitrogens with one attached hydrogen (secondary N) is 2. The summed E-state index contributed by atoms with van der Waals surface area (Å²) in [4.78, 5) is 11.4. The maximum Gasteiger partial charge on any atom is 0.233 e. The van der Waals surface area contributed by atoms with Crippen LogP contribution in [-0.4, -0.2) is 38.8 Å².